The second kappa shape index (κ2) is 7.23. The highest BCUT2D eigenvalue weighted by Gasteiger charge is 2.38. The molecule has 4 nitrogen and oxygen atoms in total. The molecule has 0 radical (unpaired) electrons. The summed E-state index contributed by atoms with van der Waals surface area (Å²) in [6, 6.07) is 2.89. The second-order valence-electron chi connectivity index (χ2n) is 5.92. The molecule has 0 amide bonds. The van der Waals surface area contributed by atoms with E-state index in [1.807, 2.05) is 0 Å². The summed E-state index contributed by atoms with van der Waals surface area (Å²) in [5.41, 5.74) is 0. The van der Waals surface area contributed by atoms with E-state index in [0.29, 0.717) is 12.6 Å². The summed E-state index contributed by atoms with van der Waals surface area (Å²) in [5.74, 6) is 0.877. The van der Waals surface area contributed by atoms with Crippen LogP contribution in [-0.4, -0.2) is 48.5 Å². The number of morpholine rings is 1. The smallest absolute Gasteiger partial charge is 0.0672 e. The van der Waals surface area contributed by atoms with Gasteiger partial charge in [-0.05, 0) is 25.2 Å². The minimum atomic E-state index is 0.0787. The van der Waals surface area contributed by atoms with Crippen LogP contribution in [0.15, 0.2) is 0 Å². The number of aliphatic hydroxyl groups is 1. The number of nitriles is 1. The maximum Gasteiger partial charge on any atom is 0.0672 e. The van der Waals surface area contributed by atoms with E-state index >= 15 is 0 Å². The third kappa shape index (κ3) is 3.47. The van der Waals surface area contributed by atoms with Gasteiger partial charge in [0.2, 0.25) is 0 Å². The molecule has 1 heterocycles. The van der Waals surface area contributed by atoms with E-state index in [9.17, 15) is 10.4 Å². The summed E-state index contributed by atoms with van der Waals surface area (Å²) in [5, 5.41) is 18.9. The van der Waals surface area contributed by atoms with Crippen molar-refractivity contribution in [3.05, 3.63) is 0 Å². The van der Waals surface area contributed by atoms with Crippen molar-refractivity contribution in [2.45, 2.75) is 51.1 Å². The molecule has 1 N–H and O–H groups in total. The Morgan fingerprint density at radius 1 is 1.42 bits per heavy atom. The fourth-order valence-electron chi connectivity index (χ4n) is 3.68. The monoisotopic (exact) mass is 266 g/mol. The molecule has 0 aromatic heterocycles. The van der Waals surface area contributed by atoms with E-state index in [1.165, 1.54) is 19.3 Å². The zero-order chi connectivity index (χ0) is 13.7. The molecule has 19 heavy (non-hydrogen) atoms. The van der Waals surface area contributed by atoms with E-state index in [4.69, 9.17) is 4.74 Å². The first kappa shape index (κ1) is 14.8. The van der Waals surface area contributed by atoms with Gasteiger partial charge in [-0.2, -0.15) is 5.26 Å². The molecule has 4 unspecified atom stereocenters. The Labute approximate surface area is 116 Å². The first-order valence-corrected chi connectivity index (χ1v) is 7.64. The zero-order valence-electron chi connectivity index (χ0n) is 11.9. The molecule has 0 aromatic carbocycles. The Morgan fingerprint density at radius 2 is 2.26 bits per heavy atom. The molecule has 2 aliphatic rings. The minimum absolute atomic E-state index is 0.0787. The Morgan fingerprint density at radius 3 is 2.95 bits per heavy atom. The number of rotatable bonds is 4. The van der Waals surface area contributed by atoms with Crippen molar-refractivity contribution in [3.8, 4) is 6.07 Å². The van der Waals surface area contributed by atoms with E-state index in [1.54, 1.807) is 0 Å². The number of ether oxygens (including phenoxy) is 1. The Bertz CT molecular complexity index is 316. The van der Waals surface area contributed by atoms with Crippen molar-refractivity contribution in [1.29, 1.82) is 5.26 Å². The lowest BCUT2D eigenvalue weighted by Gasteiger charge is -2.45. The minimum Gasteiger partial charge on any atom is -0.395 e. The summed E-state index contributed by atoms with van der Waals surface area (Å²) in [4.78, 5) is 2.35. The highest BCUT2D eigenvalue weighted by Crippen LogP contribution is 2.35. The highest BCUT2D eigenvalue weighted by molar-refractivity contribution is 4.99. The maximum absolute atomic E-state index is 9.52. The average molecular weight is 266 g/mol. The van der Waals surface area contributed by atoms with Crippen molar-refractivity contribution >= 4 is 0 Å². The van der Waals surface area contributed by atoms with Crippen LogP contribution in [0.1, 0.15) is 39.0 Å². The van der Waals surface area contributed by atoms with E-state index in [0.717, 1.165) is 31.9 Å². The number of nitrogens with zero attached hydrogens (tertiary/aromatic N) is 2. The molecule has 1 saturated heterocycles. The van der Waals surface area contributed by atoms with Gasteiger partial charge < -0.3 is 9.84 Å². The molecule has 2 rings (SSSR count). The molecule has 108 valence electrons. The van der Waals surface area contributed by atoms with Gasteiger partial charge in [-0.15, -0.1) is 0 Å². The Kier molecular flexibility index (Phi) is 5.62. The summed E-state index contributed by atoms with van der Waals surface area (Å²) in [6.07, 6.45) is 5.81. The molecule has 1 aliphatic carbocycles. The molecule has 1 saturated carbocycles. The van der Waals surface area contributed by atoms with Gasteiger partial charge in [0, 0.05) is 12.6 Å². The normalized spacial score (nSPS) is 36.9. The summed E-state index contributed by atoms with van der Waals surface area (Å²) < 4.78 is 5.45. The molecule has 4 heteroatoms. The van der Waals surface area contributed by atoms with Crippen LogP contribution in [0, 0.1) is 23.2 Å². The summed E-state index contributed by atoms with van der Waals surface area (Å²) in [7, 11) is 0. The van der Waals surface area contributed by atoms with Crippen LogP contribution in [-0.2, 0) is 4.74 Å². The second-order valence-corrected chi connectivity index (χ2v) is 5.92. The van der Waals surface area contributed by atoms with Crippen molar-refractivity contribution in [2.75, 3.05) is 26.4 Å². The molecule has 0 bridgehead atoms. The SMILES string of the molecule is CCCC1CCC(C#N)C(N2CCOCC2CO)C1. The molecule has 2 fully saturated rings. The lowest BCUT2D eigenvalue weighted by atomic mass is 9.76. The van der Waals surface area contributed by atoms with Crippen LogP contribution >= 0.6 is 0 Å². The van der Waals surface area contributed by atoms with Gasteiger partial charge in [0.05, 0.1) is 37.8 Å². The van der Waals surface area contributed by atoms with Crippen molar-refractivity contribution in [2.24, 2.45) is 11.8 Å². The topological polar surface area (TPSA) is 56.5 Å². The predicted octanol–water partition coefficient (Wildman–Crippen LogP) is 1.79. The standard InChI is InChI=1S/C15H26N2O2/c1-2-3-12-4-5-13(9-16)15(8-12)17-6-7-19-11-14(17)10-18/h12-15,18H,2-8,10-11H2,1H3. The third-order valence-corrected chi connectivity index (χ3v) is 4.70. The van der Waals surface area contributed by atoms with Crippen molar-refractivity contribution in [1.82, 2.24) is 4.90 Å². The fraction of sp³-hybridized carbons (Fsp3) is 0.933. The van der Waals surface area contributed by atoms with Crippen LogP contribution < -0.4 is 0 Å². The highest BCUT2D eigenvalue weighted by atomic mass is 16.5. The average Bonchev–Trinajstić information content (AvgIpc) is 2.47. The van der Waals surface area contributed by atoms with Crippen molar-refractivity contribution < 1.29 is 9.84 Å². The van der Waals surface area contributed by atoms with Gasteiger partial charge in [-0.25, -0.2) is 0 Å². The van der Waals surface area contributed by atoms with E-state index in [-0.39, 0.29) is 18.6 Å². The molecule has 0 spiro atoms. The largest absolute Gasteiger partial charge is 0.395 e. The summed E-state index contributed by atoms with van der Waals surface area (Å²) in [6.45, 7) is 4.55. The molecular formula is C15H26N2O2. The van der Waals surface area contributed by atoms with Crippen molar-refractivity contribution in [3.63, 3.8) is 0 Å². The van der Waals surface area contributed by atoms with Crippen LogP contribution in [0.25, 0.3) is 0 Å². The number of hydrogen-bond acceptors (Lipinski definition) is 4. The quantitative estimate of drug-likeness (QED) is 0.843. The fourth-order valence-corrected chi connectivity index (χ4v) is 3.68. The Hall–Kier alpha value is -0.630. The lowest BCUT2D eigenvalue weighted by molar-refractivity contribution is -0.0649. The van der Waals surface area contributed by atoms with Gasteiger partial charge in [0.1, 0.15) is 0 Å². The maximum atomic E-state index is 9.52. The van der Waals surface area contributed by atoms with Gasteiger partial charge in [-0.3, -0.25) is 4.90 Å². The third-order valence-electron chi connectivity index (χ3n) is 4.70. The molecule has 4 atom stereocenters. The Balaban J connectivity index is 2.06. The number of aliphatic hydroxyl groups excluding tert-OH is 1. The van der Waals surface area contributed by atoms with Gasteiger partial charge in [-0.1, -0.05) is 19.8 Å². The first-order valence-electron chi connectivity index (χ1n) is 7.64. The lowest BCUT2D eigenvalue weighted by Crippen LogP contribution is -2.55. The van der Waals surface area contributed by atoms with Crippen LogP contribution in [0.3, 0.4) is 0 Å². The molecule has 1 aliphatic heterocycles. The van der Waals surface area contributed by atoms with Crippen LogP contribution in [0.2, 0.25) is 0 Å². The zero-order valence-corrected chi connectivity index (χ0v) is 11.9. The molecular weight excluding hydrogens is 240 g/mol. The van der Waals surface area contributed by atoms with Crippen LogP contribution in [0.5, 0.6) is 0 Å². The molecule has 0 aromatic rings. The first-order chi connectivity index (χ1) is 9.30. The summed E-state index contributed by atoms with van der Waals surface area (Å²) >= 11 is 0. The predicted molar refractivity (Wildman–Crippen MR) is 73.5 cm³/mol. The van der Waals surface area contributed by atoms with Gasteiger partial charge in [0.15, 0.2) is 0 Å². The van der Waals surface area contributed by atoms with Gasteiger partial charge in [0.25, 0.3) is 0 Å². The van der Waals surface area contributed by atoms with Gasteiger partial charge >= 0.3 is 0 Å². The number of hydrogen-bond donors (Lipinski definition) is 1. The van der Waals surface area contributed by atoms with E-state index < -0.39 is 0 Å². The van der Waals surface area contributed by atoms with Crippen LogP contribution in [0.4, 0.5) is 0 Å². The van der Waals surface area contributed by atoms with E-state index in [2.05, 4.69) is 17.9 Å².